The van der Waals surface area contributed by atoms with E-state index in [2.05, 4.69) is 10.6 Å². The van der Waals surface area contributed by atoms with Crippen molar-refractivity contribution in [2.75, 3.05) is 26.2 Å². The number of benzene rings is 2. The molecule has 0 unspecified atom stereocenters. The van der Waals surface area contributed by atoms with Gasteiger partial charge in [-0.3, -0.25) is 19.2 Å². The molecule has 0 spiro atoms. The second-order valence-electron chi connectivity index (χ2n) is 11.0. The number of halogens is 4. The molecule has 0 saturated carbocycles. The van der Waals surface area contributed by atoms with Gasteiger partial charge < -0.3 is 20.4 Å². The molecule has 2 aromatic carbocycles. The van der Waals surface area contributed by atoms with Crippen molar-refractivity contribution in [3.05, 3.63) is 70.5 Å². The highest BCUT2D eigenvalue weighted by Gasteiger charge is 2.39. The maximum atomic E-state index is 14.7. The summed E-state index contributed by atoms with van der Waals surface area (Å²) in [6, 6.07) is 6.90. The predicted molar refractivity (Wildman–Crippen MR) is 146 cm³/mol. The molecule has 4 rings (SSSR count). The van der Waals surface area contributed by atoms with Crippen molar-refractivity contribution in [2.45, 2.75) is 57.8 Å². The Morgan fingerprint density at radius 2 is 1.79 bits per heavy atom. The molecule has 12 heteroatoms. The van der Waals surface area contributed by atoms with Gasteiger partial charge in [0.2, 0.25) is 11.8 Å². The standard InChI is InChI=1S/C30H34F4N4O4/c1-18(2)24-16-37(28(41)20-8-3-4-9-22(20)30(32,33)34)17-26(39)35-13-5-7-19-11-12-23(31)21(15-19)29(42)38-14-6-10-25(38)27(40)36-24/h3-4,8-9,11-12,15,18,24-25H,5-7,10,13-14,16-17H2,1-2H3,(H,35,39)(H,36,40)/t24-,25-/m0/s1. The summed E-state index contributed by atoms with van der Waals surface area (Å²) in [5.41, 5.74) is -1.20. The third kappa shape index (κ3) is 7.08. The monoisotopic (exact) mass is 590 g/mol. The van der Waals surface area contributed by atoms with Crippen LogP contribution in [0, 0.1) is 11.7 Å². The minimum Gasteiger partial charge on any atom is -0.355 e. The van der Waals surface area contributed by atoms with Crippen LogP contribution in [0.1, 0.15) is 65.0 Å². The van der Waals surface area contributed by atoms with Crippen LogP contribution in [0.2, 0.25) is 0 Å². The molecule has 0 aromatic heterocycles. The van der Waals surface area contributed by atoms with Crippen molar-refractivity contribution < 1.29 is 36.7 Å². The van der Waals surface area contributed by atoms with E-state index in [0.29, 0.717) is 31.2 Å². The number of nitrogens with zero attached hydrogens (tertiary/aromatic N) is 2. The number of hydrogen-bond acceptors (Lipinski definition) is 4. The zero-order chi connectivity index (χ0) is 30.6. The van der Waals surface area contributed by atoms with Crippen LogP contribution in [0.4, 0.5) is 17.6 Å². The molecular formula is C30H34F4N4O4. The summed E-state index contributed by atoms with van der Waals surface area (Å²) in [4.78, 5) is 55.7. The summed E-state index contributed by atoms with van der Waals surface area (Å²) >= 11 is 0. The molecule has 2 heterocycles. The molecule has 2 bridgehead atoms. The van der Waals surface area contributed by atoms with Crippen LogP contribution in [0.3, 0.4) is 0 Å². The van der Waals surface area contributed by atoms with E-state index < -0.39 is 65.4 Å². The molecule has 2 aliphatic heterocycles. The van der Waals surface area contributed by atoms with Gasteiger partial charge in [-0.15, -0.1) is 0 Å². The molecule has 4 amide bonds. The SMILES string of the molecule is CC(C)[C@@H]1CN(C(=O)c2ccccc2C(F)(F)F)CC(=O)NCCCc2ccc(F)c(c2)C(=O)N2CCC[C@H]2C(=O)N1. The van der Waals surface area contributed by atoms with Gasteiger partial charge in [-0.25, -0.2) is 4.39 Å². The minimum atomic E-state index is -4.80. The van der Waals surface area contributed by atoms with E-state index in [1.165, 1.54) is 29.2 Å². The molecule has 8 nitrogen and oxygen atoms in total. The molecule has 0 radical (unpaired) electrons. The van der Waals surface area contributed by atoms with Crippen molar-refractivity contribution in [3.8, 4) is 0 Å². The lowest BCUT2D eigenvalue weighted by molar-refractivity contribution is -0.138. The summed E-state index contributed by atoms with van der Waals surface area (Å²) in [6.45, 7) is 3.18. The number of hydrogen-bond donors (Lipinski definition) is 2. The van der Waals surface area contributed by atoms with E-state index in [4.69, 9.17) is 0 Å². The normalized spacial score (nSPS) is 21.1. The number of fused-ring (bicyclic) bond motifs is 3. The zero-order valence-corrected chi connectivity index (χ0v) is 23.5. The van der Waals surface area contributed by atoms with Crippen molar-refractivity contribution in [2.24, 2.45) is 5.92 Å². The summed E-state index contributed by atoms with van der Waals surface area (Å²) in [6.07, 6.45) is -3.10. The molecule has 2 aliphatic rings. The van der Waals surface area contributed by atoms with E-state index in [1.54, 1.807) is 19.9 Å². The molecule has 2 atom stereocenters. The van der Waals surface area contributed by atoms with E-state index >= 15 is 0 Å². The van der Waals surface area contributed by atoms with Gasteiger partial charge in [0.05, 0.1) is 23.2 Å². The highest BCUT2D eigenvalue weighted by molar-refractivity contribution is 5.99. The Kier molecular flexibility index (Phi) is 9.53. The van der Waals surface area contributed by atoms with Crippen LogP contribution in [0.25, 0.3) is 0 Å². The van der Waals surface area contributed by atoms with E-state index in [9.17, 15) is 36.7 Å². The average Bonchev–Trinajstić information content (AvgIpc) is 3.44. The van der Waals surface area contributed by atoms with Crippen LogP contribution in [0.5, 0.6) is 0 Å². The van der Waals surface area contributed by atoms with Gasteiger partial charge in [-0.1, -0.05) is 32.0 Å². The number of nitrogens with one attached hydrogen (secondary N) is 2. The molecule has 1 saturated heterocycles. The second kappa shape index (κ2) is 12.9. The topological polar surface area (TPSA) is 98.8 Å². The molecule has 226 valence electrons. The number of amides is 4. The summed E-state index contributed by atoms with van der Waals surface area (Å²) in [5, 5.41) is 5.53. The zero-order valence-electron chi connectivity index (χ0n) is 23.5. The van der Waals surface area contributed by atoms with Crippen LogP contribution < -0.4 is 10.6 Å². The van der Waals surface area contributed by atoms with Gasteiger partial charge in [0.15, 0.2) is 0 Å². The first-order valence-corrected chi connectivity index (χ1v) is 14.0. The van der Waals surface area contributed by atoms with Crippen molar-refractivity contribution in [1.29, 1.82) is 0 Å². The third-order valence-corrected chi connectivity index (χ3v) is 7.68. The quantitative estimate of drug-likeness (QED) is 0.520. The molecular weight excluding hydrogens is 556 g/mol. The van der Waals surface area contributed by atoms with E-state index in [-0.39, 0.29) is 31.1 Å². The summed E-state index contributed by atoms with van der Waals surface area (Å²) in [7, 11) is 0. The second-order valence-corrected chi connectivity index (χ2v) is 11.0. The molecule has 1 fully saturated rings. The fourth-order valence-electron chi connectivity index (χ4n) is 5.32. The lowest BCUT2D eigenvalue weighted by atomic mass is 10.0. The minimum absolute atomic E-state index is 0.138. The van der Waals surface area contributed by atoms with Crippen LogP contribution in [-0.4, -0.2) is 71.7 Å². The molecule has 2 N–H and O–H groups in total. The van der Waals surface area contributed by atoms with Gasteiger partial charge in [0, 0.05) is 25.7 Å². The fourth-order valence-corrected chi connectivity index (χ4v) is 5.32. The van der Waals surface area contributed by atoms with Gasteiger partial charge >= 0.3 is 6.18 Å². The number of carbonyl (C=O) groups is 4. The lowest BCUT2D eigenvalue weighted by Crippen LogP contribution is -2.55. The first-order valence-electron chi connectivity index (χ1n) is 14.0. The first-order chi connectivity index (χ1) is 19.9. The Bertz CT molecular complexity index is 1350. The maximum Gasteiger partial charge on any atom is 0.417 e. The maximum absolute atomic E-state index is 14.7. The Morgan fingerprint density at radius 3 is 2.50 bits per heavy atom. The summed E-state index contributed by atoms with van der Waals surface area (Å²) in [5.74, 6) is -3.71. The van der Waals surface area contributed by atoms with Gasteiger partial charge in [0.1, 0.15) is 11.9 Å². The van der Waals surface area contributed by atoms with Gasteiger partial charge in [0.25, 0.3) is 11.8 Å². The Hall–Kier alpha value is -3.96. The van der Waals surface area contributed by atoms with Crippen LogP contribution in [0.15, 0.2) is 42.5 Å². The van der Waals surface area contributed by atoms with Gasteiger partial charge in [-0.2, -0.15) is 13.2 Å². The van der Waals surface area contributed by atoms with Gasteiger partial charge in [-0.05, 0) is 61.4 Å². The Balaban J connectivity index is 1.69. The first kappa shape index (κ1) is 31.0. The highest BCUT2D eigenvalue weighted by atomic mass is 19.4. The molecule has 2 aromatic rings. The number of carbonyl (C=O) groups excluding carboxylic acids is 4. The van der Waals surface area contributed by atoms with Crippen LogP contribution in [-0.2, 0) is 22.2 Å². The molecule has 0 aliphatic carbocycles. The predicted octanol–water partition coefficient (Wildman–Crippen LogP) is 3.79. The smallest absolute Gasteiger partial charge is 0.355 e. The number of aryl methyl sites for hydroxylation is 1. The number of rotatable bonds is 2. The third-order valence-electron chi connectivity index (χ3n) is 7.68. The number of alkyl halides is 3. The van der Waals surface area contributed by atoms with Crippen molar-refractivity contribution in [3.63, 3.8) is 0 Å². The Labute approximate surface area is 241 Å². The van der Waals surface area contributed by atoms with E-state index in [0.717, 1.165) is 17.0 Å². The Morgan fingerprint density at radius 1 is 1.05 bits per heavy atom. The molecule has 42 heavy (non-hydrogen) atoms. The van der Waals surface area contributed by atoms with Crippen LogP contribution >= 0.6 is 0 Å². The summed E-state index contributed by atoms with van der Waals surface area (Å²) < 4.78 is 56.0. The average molecular weight is 591 g/mol. The lowest BCUT2D eigenvalue weighted by Gasteiger charge is -2.32. The van der Waals surface area contributed by atoms with E-state index in [1.807, 2.05) is 0 Å². The van der Waals surface area contributed by atoms with Crippen molar-refractivity contribution >= 4 is 23.6 Å². The van der Waals surface area contributed by atoms with Crippen molar-refractivity contribution in [1.82, 2.24) is 20.4 Å². The highest BCUT2D eigenvalue weighted by Crippen LogP contribution is 2.32. The fraction of sp³-hybridized carbons (Fsp3) is 0.467. The largest absolute Gasteiger partial charge is 0.417 e.